The number of benzene rings is 1. The van der Waals surface area contributed by atoms with Crippen molar-refractivity contribution in [3.05, 3.63) is 28.8 Å². The predicted molar refractivity (Wildman–Crippen MR) is 108 cm³/mol. The first kappa shape index (κ1) is 21.5. The van der Waals surface area contributed by atoms with Crippen molar-refractivity contribution in [2.24, 2.45) is 0 Å². The van der Waals surface area contributed by atoms with E-state index in [4.69, 9.17) is 11.6 Å². The van der Waals surface area contributed by atoms with Crippen LogP contribution < -0.4 is 0 Å². The smallest absolute Gasteiger partial charge is 0.255 e. The molecule has 2 fully saturated rings. The van der Waals surface area contributed by atoms with Crippen molar-refractivity contribution in [3.63, 3.8) is 0 Å². The number of carbonyl (C=O) groups is 1. The van der Waals surface area contributed by atoms with Crippen molar-refractivity contribution in [1.29, 1.82) is 0 Å². The second-order valence-corrected chi connectivity index (χ2v) is 11.9. The lowest BCUT2D eigenvalue weighted by atomic mass is 10.1. The predicted octanol–water partition coefficient (Wildman–Crippen LogP) is 2.16. The summed E-state index contributed by atoms with van der Waals surface area (Å²) in [6, 6.07) is 3.75. The zero-order valence-electron chi connectivity index (χ0n) is 15.8. The fraction of sp³-hybridized carbons (Fsp3) is 0.611. The van der Waals surface area contributed by atoms with E-state index in [0.29, 0.717) is 32.5 Å². The molecule has 0 radical (unpaired) electrons. The summed E-state index contributed by atoms with van der Waals surface area (Å²) in [6.07, 6.45) is 2.68. The summed E-state index contributed by atoms with van der Waals surface area (Å²) in [6.45, 7) is 3.23. The average molecular weight is 449 g/mol. The summed E-state index contributed by atoms with van der Waals surface area (Å²) >= 11 is 6.23. The van der Waals surface area contributed by atoms with E-state index in [1.165, 1.54) is 27.4 Å². The second-order valence-electron chi connectivity index (χ2n) is 7.31. The van der Waals surface area contributed by atoms with Gasteiger partial charge in [0.05, 0.1) is 27.0 Å². The summed E-state index contributed by atoms with van der Waals surface area (Å²) in [5.74, 6) is -0.433. The maximum absolute atomic E-state index is 13.2. The van der Waals surface area contributed by atoms with Crippen LogP contribution in [0.1, 0.15) is 43.0 Å². The molecule has 3 rings (SSSR count). The van der Waals surface area contributed by atoms with E-state index < -0.39 is 31.8 Å². The molecule has 0 saturated carbocycles. The zero-order valence-corrected chi connectivity index (χ0v) is 18.2. The Morgan fingerprint density at radius 2 is 1.96 bits per heavy atom. The highest BCUT2D eigenvalue weighted by Crippen LogP contribution is 2.28. The summed E-state index contributed by atoms with van der Waals surface area (Å²) < 4.78 is 50.8. The highest BCUT2D eigenvalue weighted by Gasteiger charge is 2.36. The highest BCUT2D eigenvalue weighted by atomic mass is 35.5. The quantitative estimate of drug-likeness (QED) is 0.665. The van der Waals surface area contributed by atoms with E-state index in [-0.39, 0.29) is 27.0 Å². The van der Waals surface area contributed by atoms with Crippen molar-refractivity contribution in [1.82, 2.24) is 9.21 Å². The Morgan fingerprint density at radius 1 is 1.29 bits per heavy atom. The summed E-state index contributed by atoms with van der Waals surface area (Å²) in [7, 11) is -6.84. The topological polar surface area (TPSA) is 91.8 Å². The molecule has 1 unspecified atom stereocenters. The number of hydrogen-bond donors (Lipinski definition) is 0. The summed E-state index contributed by atoms with van der Waals surface area (Å²) in [5, 5.41) is 0.160. The number of halogens is 1. The molecule has 2 aliphatic heterocycles. The molecule has 28 heavy (non-hydrogen) atoms. The first-order chi connectivity index (χ1) is 13.2. The van der Waals surface area contributed by atoms with Gasteiger partial charge in [0.2, 0.25) is 10.0 Å². The molecule has 1 aromatic carbocycles. The molecule has 0 aromatic heterocycles. The van der Waals surface area contributed by atoms with Gasteiger partial charge in [-0.25, -0.2) is 16.8 Å². The molecule has 1 amide bonds. The van der Waals surface area contributed by atoms with E-state index >= 15 is 0 Å². The van der Waals surface area contributed by atoms with Gasteiger partial charge in [0.1, 0.15) is 0 Å². The van der Waals surface area contributed by atoms with Crippen LogP contribution in [0, 0.1) is 0 Å². The van der Waals surface area contributed by atoms with E-state index in [1.54, 1.807) is 0 Å². The van der Waals surface area contributed by atoms with Gasteiger partial charge in [-0.2, -0.15) is 4.31 Å². The average Bonchev–Trinajstić information content (AvgIpc) is 3.29. The minimum Gasteiger partial charge on any atom is -0.335 e. The molecule has 1 atom stereocenters. The maximum atomic E-state index is 13.2. The molecular weight excluding hydrogens is 424 g/mol. The van der Waals surface area contributed by atoms with E-state index in [0.717, 1.165) is 12.8 Å². The van der Waals surface area contributed by atoms with Crippen LogP contribution in [-0.4, -0.2) is 69.1 Å². The van der Waals surface area contributed by atoms with Crippen molar-refractivity contribution in [2.75, 3.05) is 31.1 Å². The number of sulfonamides is 1. The second kappa shape index (κ2) is 8.30. The van der Waals surface area contributed by atoms with Gasteiger partial charge in [0, 0.05) is 25.7 Å². The van der Waals surface area contributed by atoms with Gasteiger partial charge in [-0.3, -0.25) is 4.79 Å². The third-order valence-electron chi connectivity index (χ3n) is 5.25. The molecule has 2 aliphatic rings. The van der Waals surface area contributed by atoms with Crippen molar-refractivity contribution in [3.8, 4) is 0 Å². The third kappa shape index (κ3) is 4.37. The van der Waals surface area contributed by atoms with Gasteiger partial charge in [-0.05, 0) is 43.9 Å². The highest BCUT2D eigenvalue weighted by molar-refractivity contribution is 7.91. The number of sulfone groups is 1. The number of hydrogen-bond acceptors (Lipinski definition) is 5. The lowest BCUT2D eigenvalue weighted by Gasteiger charge is -2.28. The molecule has 0 aliphatic carbocycles. The maximum Gasteiger partial charge on any atom is 0.255 e. The Labute approximate surface area is 171 Å². The molecular formula is C18H25ClN2O5S2. The fourth-order valence-electron chi connectivity index (χ4n) is 3.77. The van der Waals surface area contributed by atoms with Gasteiger partial charge < -0.3 is 4.90 Å². The summed E-state index contributed by atoms with van der Waals surface area (Å²) in [4.78, 5) is 14.8. The van der Waals surface area contributed by atoms with Crippen LogP contribution in [0.15, 0.2) is 23.1 Å². The number of rotatable bonds is 6. The number of amides is 1. The first-order valence-corrected chi connectivity index (χ1v) is 13.1. The largest absolute Gasteiger partial charge is 0.335 e. The Bertz CT molecular complexity index is 956. The zero-order chi connectivity index (χ0) is 20.5. The SMILES string of the molecule is CCCN(C(=O)c1cc(S(=O)(=O)N2CCCC2)ccc1Cl)C1CCS(=O)(=O)C1. The normalized spacial score (nSPS) is 22.4. The van der Waals surface area contributed by atoms with Gasteiger partial charge in [0.15, 0.2) is 9.84 Å². The number of nitrogens with zero attached hydrogens (tertiary/aromatic N) is 2. The Balaban J connectivity index is 1.93. The molecule has 0 spiro atoms. The van der Waals surface area contributed by atoms with Gasteiger partial charge in [-0.15, -0.1) is 0 Å². The van der Waals surface area contributed by atoms with Crippen LogP contribution in [0.4, 0.5) is 0 Å². The van der Waals surface area contributed by atoms with Crippen LogP contribution >= 0.6 is 11.6 Å². The van der Waals surface area contributed by atoms with Gasteiger partial charge in [0.25, 0.3) is 5.91 Å². The van der Waals surface area contributed by atoms with Gasteiger partial charge in [-0.1, -0.05) is 18.5 Å². The fourth-order valence-corrected chi connectivity index (χ4v) is 7.25. The molecule has 0 N–H and O–H groups in total. The van der Waals surface area contributed by atoms with Crippen molar-refractivity contribution >= 4 is 37.4 Å². The number of carbonyl (C=O) groups excluding carboxylic acids is 1. The van der Waals surface area contributed by atoms with Crippen molar-refractivity contribution < 1.29 is 21.6 Å². The standard InChI is InChI=1S/C18H25ClN2O5S2/c1-2-8-21(14-7-11-27(23,24)13-14)18(22)16-12-15(5-6-17(16)19)28(25,26)20-9-3-4-10-20/h5-6,12,14H,2-4,7-11,13H2,1H3. The lowest BCUT2D eigenvalue weighted by molar-refractivity contribution is 0.0697. The van der Waals surface area contributed by atoms with E-state index in [9.17, 15) is 21.6 Å². The van der Waals surface area contributed by atoms with Crippen LogP contribution in [0.25, 0.3) is 0 Å². The van der Waals surface area contributed by atoms with Crippen LogP contribution in [0.3, 0.4) is 0 Å². The van der Waals surface area contributed by atoms with E-state index in [1.807, 2.05) is 6.92 Å². The van der Waals surface area contributed by atoms with Crippen LogP contribution in [0.2, 0.25) is 5.02 Å². The Kier molecular flexibility index (Phi) is 6.38. The first-order valence-electron chi connectivity index (χ1n) is 9.47. The Morgan fingerprint density at radius 3 is 2.54 bits per heavy atom. The molecule has 2 heterocycles. The van der Waals surface area contributed by atoms with Crippen LogP contribution in [-0.2, 0) is 19.9 Å². The molecule has 2 saturated heterocycles. The van der Waals surface area contributed by atoms with Gasteiger partial charge >= 0.3 is 0 Å². The minimum atomic E-state index is -3.68. The molecule has 156 valence electrons. The molecule has 7 nitrogen and oxygen atoms in total. The molecule has 10 heteroatoms. The minimum absolute atomic E-state index is 0.0395. The third-order valence-corrected chi connectivity index (χ3v) is 9.22. The Hall–Kier alpha value is -1.16. The van der Waals surface area contributed by atoms with E-state index in [2.05, 4.69) is 0 Å². The van der Waals surface area contributed by atoms with Crippen molar-refractivity contribution in [2.45, 2.75) is 43.5 Å². The summed E-state index contributed by atoms with van der Waals surface area (Å²) in [5.41, 5.74) is 0.0969. The monoisotopic (exact) mass is 448 g/mol. The molecule has 0 bridgehead atoms. The lowest BCUT2D eigenvalue weighted by Crippen LogP contribution is -2.41. The molecule has 1 aromatic rings. The van der Waals surface area contributed by atoms with Crippen LogP contribution in [0.5, 0.6) is 0 Å².